The van der Waals surface area contributed by atoms with Crippen LogP contribution in [-0.4, -0.2) is 35.7 Å². The Labute approximate surface area is 198 Å². The van der Waals surface area contributed by atoms with Crippen LogP contribution >= 0.6 is 0 Å². The fourth-order valence-electron chi connectivity index (χ4n) is 3.28. The number of hydrogen-bond donors (Lipinski definition) is 1. The summed E-state index contributed by atoms with van der Waals surface area (Å²) < 4.78 is 0. The molecule has 0 spiro atoms. The van der Waals surface area contributed by atoms with Crippen LogP contribution < -0.4 is 5.73 Å². The minimum atomic E-state index is -0.245. The lowest BCUT2D eigenvalue weighted by atomic mass is 10.1. The molecule has 4 aromatic heterocycles. The molecule has 0 fully saturated rings. The van der Waals surface area contributed by atoms with Crippen LogP contribution in [-0.2, 0) is 13.1 Å². The van der Waals surface area contributed by atoms with Crippen molar-refractivity contribution in [3.8, 4) is 6.07 Å². The maximum Gasteiger partial charge on any atom is 0.256 e. The maximum atomic E-state index is 13.5. The maximum absolute atomic E-state index is 13.5. The summed E-state index contributed by atoms with van der Waals surface area (Å²) in [7, 11) is 0. The molecule has 0 bridgehead atoms. The molecule has 0 atom stereocenters. The summed E-state index contributed by atoms with van der Waals surface area (Å²) in [6, 6.07) is 10.9. The number of pyridine rings is 3. The number of nitrogen functional groups attached to an aromatic ring is 1. The Balaban J connectivity index is 0.00000158. The lowest BCUT2D eigenvalue weighted by Crippen LogP contribution is -2.31. The van der Waals surface area contributed by atoms with Crippen LogP contribution in [0.15, 0.2) is 48.9 Å². The molecule has 9 heteroatoms. The first kappa shape index (κ1) is 24.2. The van der Waals surface area contributed by atoms with E-state index in [1.165, 1.54) is 6.20 Å². The second-order valence-electron chi connectivity index (χ2n) is 7.33. The van der Waals surface area contributed by atoms with Crippen LogP contribution in [0.1, 0.15) is 52.5 Å². The van der Waals surface area contributed by atoms with Crippen molar-refractivity contribution in [2.24, 2.45) is 0 Å². The monoisotopic (exact) mass is 454 g/mol. The molecule has 4 heterocycles. The zero-order valence-electron chi connectivity index (χ0n) is 19.6. The number of carbonyl (C=O) groups is 1. The molecule has 1 amide bonds. The highest BCUT2D eigenvalue weighted by molar-refractivity contribution is 5.97. The normalized spacial score (nSPS) is 10.2. The molecule has 0 aliphatic heterocycles. The Hall–Kier alpha value is -4.45. The number of amides is 1. The number of hydrogen-bond acceptors (Lipinski definition) is 8. The van der Waals surface area contributed by atoms with E-state index in [0.717, 1.165) is 10.9 Å². The van der Waals surface area contributed by atoms with Crippen molar-refractivity contribution in [1.82, 2.24) is 29.8 Å². The van der Waals surface area contributed by atoms with E-state index in [-0.39, 0.29) is 19.0 Å². The van der Waals surface area contributed by atoms with Crippen molar-refractivity contribution in [3.63, 3.8) is 0 Å². The van der Waals surface area contributed by atoms with E-state index in [1.807, 2.05) is 26.8 Å². The third kappa shape index (κ3) is 5.48. The Morgan fingerprint density at radius 1 is 1.06 bits per heavy atom. The molecule has 2 N–H and O–H groups in total. The number of aromatic nitrogens is 5. The van der Waals surface area contributed by atoms with Crippen molar-refractivity contribution in [2.75, 3.05) is 5.73 Å². The number of aryl methyl sites for hydroxylation is 2. The van der Waals surface area contributed by atoms with Gasteiger partial charge in [0, 0.05) is 24.0 Å². The zero-order chi connectivity index (χ0) is 24.7. The molecule has 4 aromatic rings. The topological polar surface area (TPSA) is 135 Å². The van der Waals surface area contributed by atoms with E-state index < -0.39 is 0 Å². The first-order chi connectivity index (χ1) is 16.4. The van der Waals surface area contributed by atoms with Crippen LogP contribution in [0.3, 0.4) is 0 Å². The van der Waals surface area contributed by atoms with Gasteiger partial charge in [0.2, 0.25) is 0 Å². The number of carbonyl (C=O) groups excluding carboxylic acids is 1. The second kappa shape index (κ2) is 10.9. The van der Waals surface area contributed by atoms with Gasteiger partial charge in [0.25, 0.3) is 5.91 Å². The molecule has 0 unspecified atom stereocenters. The third-order valence-corrected chi connectivity index (χ3v) is 5.00. The van der Waals surface area contributed by atoms with E-state index >= 15 is 0 Å². The molecular formula is C25H26N8O. The fourth-order valence-corrected chi connectivity index (χ4v) is 3.28. The number of anilines is 1. The number of nitrogens with two attached hydrogens (primary N) is 1. The number of fused-ring (bicyclic) bond motifs is 1. The van der Waals surface area contributed by atoms with Gasteiger partial charge in [-0.2, -0.15) is 5.26 Å². The first-order valence-corrected chi connectivity index (χ1v) is 10.9. The molecule has 172 valence electrons. The lowest BCUT2D eigenvalue weighted by Gasteiger charge is -2.22. The van der Waals surface area contributed by atoms with E-state index in [0.29, 0.717) is 39.8 Å². The summed E-state index contributed by atoms with van der Waals surface area (Å²) in [6.07, 6.45) is 4.75. The number of nitriles is 1. The van der Waals surface area contributed by atoms with Crippen molar-refractivity contribution in [3.05, 3.63) is 82.8 Å². The summed E-state index contributed by atoms with van der Waals surface area (Å²) in [6.45, 7) is 8.04. The van der Waals surface area contributed by atoms with E-state index in [1.54, 1.807) is 48.5 Å². The van der Waals surface area contributed by atoms with E-state index in [4.69, 9.17) is 11.0 Å². The predicted molar refractivity (Wildman–Crippen MR) is 129 cm³/mol. The highest BCUT2D eigenvalue weighted by Gasteiger charge is 2.20. The second-order valence-corrected chi connectivity index (χ2v) is 7.33. The van der Waals surface area contributed by atoms with E-state index in [9.17, 15) is 4.79 Å². The quantitative estimate of drug-likeness (QED) is 0.482. The number of rotatable bonds is 5. The van der Waals surface area contributed by atoms with Crippen LogP contribution in [0, 0.1) is 25.2 Å². The Morgan fingerprint density at radius 2 is 1.79 bits per heavy atom. The van der Waals surface area contributed by atoms with Crippen molar-refractivity contribution in [2.45, 2.75) is 40.8 Å². The molecule has 0 saturated heterocycles. The average Bonchev–Trinajstić information content (AvgIpc) is 2.85. The van der Waals surface area contributed by atoms with E-state index in [2.05, 4.69) is 31.0 Å². The lowest BCUT2D eigenvalue weighted by molar-refractivity contribution is 0.0723. The van der Waals surface area contributed by atoms with Crippen molar-refractivity contribution >= 4 is 22.8 Å². The third-order valence-electron chi connectivity index (χ3n) is 5.00. The molecule has 0 saturated carbocycles. The molecule has 0 radical (unpaired) electrons. The van der Waals surface area contributed by atoms with Crippen molar-refractivity contribution in [1.29, 1.82) is 5.26 Å². The summed E-state index contributed by atoms with van der Waals surface area (Å²) in [5, 5.41) is 9.88. The van der Waals surface area contributed by atoms with Crippen LogP contribution in [0.2, 0.25) is 0 Å². The van der Waals surface area contributed by atoms with Gasteiger partial charge < -0.3 is 10.6 Å². The molecule has 0 aliphatic rings. The van der Waals surface area contributed by atoms with Gasteiger partial charge in [-0.25, -0.2) is 19.9 Å². The number of nitrogens with zero attached hydrogens (tertiary/aromatic N) is 7. The van der Waals surface area contributed by atoms with Gasteiger partial charge >= 0.3 is 0 Å². The Morgan fingerprint density at radius 3 is 2.47 bits per heavy atom. The minimum absolute atomic E-state index is 0.192. The molecule has 9 nitrogen and oxygen atoms in total. The Bertz CT molecular complexity index is 1350. The van der Waals surface area contributed by atoms with Crippen LogP contribution in [0.25, 0.3) is 11.0 Å². The fraction of sp³-hybridized carbons (Fsp3) is 0.240. The highest BCUT2D eigenvalue weighted by atomic mass is 16.2. The van der Waals surface area contributed by atoms with Gasteiger partial charge in [-0.15, -0.1) is 0 Å². The predicted octanol–water partition coefficient (Wildman–Crippen LogP) is 3.75. The largest absolute Gasteiger partial charge is 0.383 e. The van der Waals surface area contributed by atoms with Crippen molar-refractivity contribution < 1.29 is 4.79 Å². The molecule has 34 heavy (non-hydrogen) atoms. The highest BCUT2D eigenvalue weighted by Crippen LogP contribution is 2.19. The summed E-state index contributed by atoms with van der Waals surface area (Å²) in [4.78, 5) is 36.6. The summed E-state index contributed by atoms with van der Waals surface area (Å²) in [5.74, 6) is 0.671. The zero-order valence-corrected chi connectivity index (χ0v) is 19.6. The SMILES string of the molecule is CC.Cc1cc2cc(C(=O)N(Cc3ccc(C#N)c(C)n3)Cc3ncccn3)cnc2nc1N. The van der Waals surface area contributed by atoms with Gasteiger partial charge in [-0.1, -0.05) is 13.8 Å². The van der Waals surface area contributed by atoms with Crippen LogP contribution in [0.4, 0.5) is 5.82 Å². The van der Waals surface area contributed by atoms with Gasteiger partial charge in [-0.3, -0.25) is 9.78 Å². The molecular weight excluding hydrogens is 428 g/mol. The van der Waals surface area contributed by atoms with Gasteiger partial charge in [0.05, 0.1) is 35.6 Å². The minimum Gasteiger partial charge on any atom is -0.383 e. The average molecular weight is 455 g/mol. The molecule has 4 rings (SSSR count). The summed E-state index contributed by atoms with van der Waals surface area (Å²) >= 11 is 0. The molecule has 0 aromatic carbocycles. The van der Waals surface area contributed by atoms with Gasteiger partial charge in [0.1, 0.15) is 17.7 Å². The Kier molecular flexibility index (Phi) is 7.77. The van der Waals surface area contributed by atoms with Gasteiger partial charge in [-0.05, 0) is 49.7 Å². The van der Waals surface area contributed by atoms with Crippen LogP contribution in [0.5, 0.6) is 0 Å². The smallest absolute Gasteiger partial charge is 0.256 e. The van der Waals surface area contributed by atoms with Gasteiger partial charge in [0.15, 0.2) is 5.65 Å². The first-order valence-electron chi connectivity index (χ1n) is 10.9. The standard InChI is InChI=1S/C23H20N8O.C2H6/c1-14-8-17-9-18(11-28-22(17)30-21(14)25)23(32)31(13-20-26-6-3-7-27-20)12-19-5-4-16(10-24)15(2)29-19;1-2/h3-9,11H,12-13H2,1-2H3,(H2,25,28,30);1-2H3. The summed E-state index contributed by atoms with van der Waals surface area (Å²) in [5.41, 5.74) is 9.34. The molecule has 0 aliphatic carbocycles.